The minimum Gasteiger partial charge on any atom is -0.491 e. The highest BCUT2D eigenvalue weighted by atomic mass is 32.2. The first kappa shape index (κ1) is 28.0. The zero-order chi connectivity index (χ0) is 27.9. The van der Waals surface area contributed by atoms with Crippen molar-refractivity contribution in [2.24, 2.45) is 0 Å². The molecular weight excluding hydrogens is 512 g/mol. The van der Waals surface area contributed by atoms with Crippen molar-refractivity contribution in [3.05, 3.63) is 93.9 Å². The zero-order valence-corrected chi connectivity index (χ0v) is 23.3. The Balaban J connectivity index is 1.29. The second-order valence-electron chi connectivity index (χ2n) is 9.60. The first-order valence-electron chi connectivity index (χ1n) is 12.8. The molecule has 3 aromatic carbocycles. The van der Waals surface area contributed by atoms with Gasteiger partial charge in [-0.05, 0) is 84.1 Å². The highest BCUT2D eigenvalue weighted by molar-refractivity contribution is 8.18. The van der Waals surface area contributed by atoms with E-state index in [0.717, 1.165) is 45.5 Å². The summed E-state index contributed by atoms with van der Waals surface area (Å²) >= 11 is 0.910. The average molecular weight is 545 g/mol. The fraction of sp³-hybridized carbons (Fsp3) is 0.258. The molecule has 202 valence electrons. The molecule has 0 aliphatic carbocycles. The lowest BCUT2D eigenvalue weighted by Gasteiger charge is -2.14. The van der Waals surface area contributed by atoms with Crippen molar-refractivity contribution in [3.8, 4) is 11.5 Å². The van der Waals surface area contributed by atoms with Gasteiger partial charge in [-0.1, -0.05) is 56.3 Å². The molecule has 1 fully saturated rings. The molecule has 3 amide bonds. The van der Waals surface area contributed by atoms with Gasteiger partial charge in [-0.15, -0.1) is 0 Å². The number of anilines is 1. The highest BCUT2D eigenvalue weighted by Gasteiger charge is 2.34. The van der Waals surface area contributed by atoms with Gasteiger partial charge in [-0.3, -0.25) is 19.3 Å². The van der Waals surface area contributed by atoms with Gasteiger partial charge in [0.2, 0.25) is 0 Å². The Morgan fingerprint density at radius 1 is 1.00 bits per heavy atom. The van der Waals surface area contributed by atoms with E-state index >= 15 is 0 Å². The van der Waals surface area contributed by atoms with Gasteiger partial charge in [-0.25, -0.2) is 0 Å². The number of benzene rings is 3. The first-order chi connectivity index (χ1) is 18.7. The van der Waals surface area contributed by atoms with E-state index in [1.807, 2.05) is 56.3 Å². The number of ether oxygens (including phenoxy) is 2. The molecule has 1 aliphatic rings. The highest BCUT2D eigenvalue weighted by Crippen LogP contribution is 2.32. The fourth-order valence-corrected chi connectivity index (χ4v) is 4.93. The van der Waals surface area contributed by atoms with Crippen LogP contribution in [-0.4, -0.2) is 41.7 Å². The fourth-order valence-electron chi connectivity index (χ4n) is 4.06. The molecule has 1 N–H and O–H groups in total. The van der Waals surface area contributed by atoms with Gasteiger partial charge < -0.3 is 14.8 Å². The largest absolute Gasteiger partial charge is 0.491 e. The molecule has 1 aliphatic heterocycles. The molecule has 0 aromatic heterocycles. The standard InChI is InChI=1S/C31H32N2O5S/c1-20(2)25-7-5-6-8-26(25)32-29(34)19-38-24-13-11-23(12-14-24)18-28-30(35)33(31(36)39-28)15-16-37-27-17-21(3)9-10-22(27)4/h5-14,17-18,20H,15-16,19H2,1-4H3,(H,32,34)/b28-18-. The summed E-state index contributed by atoms with van der Waals surface area (Å²) in [6.45, 7) is 8.35. The molecule has 39 heavy (non-hydrogen) atoms. The molecule has 1 heterocycles. The van der Waals surface area contributed by atoms with Crippen LogP contribution in [0.3, 0.4) is 0 Å². The number of carbonyl (C=O) groups excluding carboxylic acids is 3. The molecule has 0 unspecified atom stereocenters. The van der Waals surface area contributed by atoms with Crippen LogP contribution < -0.4 is 14.8 Å². The number of amides is 3. The van der Waals surface area contributed by atoms with E-state index < -0.39 is 0 Å². The Morgan fingerprint density at radius 3 is 2.49 bits per heavy atom. The van der Waals surface area contributed by atoms with Crippen molar-refractivity contribution < 1.29 is 23.9 Å². The van der Waals surface area contributed by atoms with Gasteiger partial charge in [0.15, 0.2) is 6.61 Å². The summed E-state index contributed by atoms with van der Waals surface area (Å²) in [6, 6.07) is 20.6. The van der Waals surface area contributed by atoms with Crippen molar-refractivity contribution in [1.82, 2.24) is 4.90 Å². The van der Waals surface area contributed by atoms with Gasteiger partial charge in [-0.2, -0.15) is 0 Å². The van der Waals surface area contributed by atoms with E-state index in [4.69, 9.17) is 9.47 Å². The van der Waals surface area contributed by atoms with Gasteiger partial charge in [0.1, 0.15) is 18.1 Å². The number of hydrogen-bond acceptors (Lipinski definition) is 6. The molecule has 3 aromatic rings. The number of para-hydroxylation sites is 1. The van der Waals surface area contributed by atoms with E-state index in [2.05, 4.69) is 19.2 Å². The number of aryl methyl sites for hydroxylation is 2. The lowest BCUT2D eigenvalue weighted by Crippen LogP contribution is -2.32. The summed E-state index contributed by atoms with van der Waals surface area (Å²) in [6.07, 6.45) is 1.68. The molecular formula is C31H32N2O5S. The number of carbonyl (C=O) groups is 3. The smallest absolute Gasteiger partial charge is 0.293 e. The molecule has 0 radical (unpaired) electrons. The molecule has 0 saturated carbocycles. The monoisotopic (exact) mass is 544 g/mol. The predicted molar refractivity (Wildman–Crippen MR) is 155 cm³/mol. The first-order valence-corrected chi connectivity index (χ1v) is 13.6. The van der Waals surface area contributed by atoms with Crippen LogP contribution in [0.5, 0.6) is 11.5 Å². The number of nitrogens with zero attached hydrogens (tertiary/aromatic N) is 1. The Labute approximate surface area is 233 Å². The molecule has 4 rings (SSSR count). The summed E-state index contributed by atoms with van der Waals surface area (Å²) in [5.74, 6) is 0.969. The minimum absolute atomic E-state index is 0.130. The molecule has 0 bridgehead atoms. The minimum atomic E-state index is -0.340. The summed E-state index contributed by atoms with van der Waals surface area (Å²) in [5, 5.41) is 2.59. The SMILES string of the molecule is Cc1ccc(C)c(OCCN2C(=O)S/C(=C\c3ccc(OCC(=O)Nc4ccccc4C(C)C)cc3)C2=O)c1. The van der Waals surface area contributed by atoms with Crippen LogP contribution in [0.2, 0.25) is 0 Å². The van der Waals surface area contributed by atoms with Gasteiger partial charge in [0.25, 0.3) is 17.1 Å². The normalized spacial score (nSPS) is 14.3. The Kier molecular flexibility index (Phi) is 9.09. The van der Waals surface area contributed by atoms with Gasteiger partial charge >= 0.3 is 0 Å². The number of rotatable bonds is 10. The molecule has 8 heteroatoms. The predicted octanol–water partition coefficient (Wildman–Crippen LogP) is 6.56. The van der Waals surface area contributed by atoms with Crippen molar-refractivity contribution in [2.45, 2.75) is 33.6 Å². The maximum absolute atomic E-state index is 12.8. The van der Waals surface area contributed by atoms with Gasteiger partial charge in [0, 0.05) is 5.69 Å². The summed E-state index contributed by atoms with van der Waals surface area (Å²) < 4.78 is 11.5. The Hall–Kier alpha value is -4.04. The third-order valence-electron chi connectivity index (χ3n) is 6.19. The third kappa shape index (κ3) is 7.29. The number of thioether (sulfide) groups is 1. The summed E-state index contributed by atoms with van der Waals surface area (Å²) in [4.78, 5) is 39.3. The van der Waals surface area contributed by atoms with E-state index in [0.29, 0.717) is 10.7 Å². The Bertz CT molecular complexity index is 1400. The maximum atomic E-state index is 12.8. The van der Waals surface area contributed by atoms with E-state index in [1.54, 1.807) is 30.3 Å². The summed E-state index contributed by atoms with van der Waals surface area (Å²) in [7, 11) is 0. The van der Waals surface area contributed by atoms with Crippen molar-refractivity contribution in [1.29, 1.82) is 0 Å². The van der Waals surface area contributed by atoms with Crippen LogP contribution in [0.15, 0.2) is 71.6 Å². The number of nitrogens with one attached hydrogen (secondary N) is 1. The van der Waals surface area contributed by atoms with Gasteiger partial charge in [0.05, 0.1) is 11.4 Å². The number of hydrogen-bond donors (Lipinski definition) is 1. The van der Waals surface area contributed by atoms with E-state index in [-0.39, 0.29) is 42.7 Å². The molecule has 1 saturated heterocycles. The summed E-state index contributed by atoms with van der Waals surface area (Å²) in [5.41, 5.74) is 4.67. The zero-order valence-electron chi connectivity index (χ0n) is 22.5. The van der Waals surface area contributed by atoms with Crippen LogP contribution in [0, 0.1) is 13.8 Å². The van der Waals surface area contributed by atoms with E-state index in [1.165, 1.54) is 4.90 Å². The average Bonchev–Trinajstić information content (AvgIpc) is 3.17. The van der Waals surface area contributed by atoms with Crippen LogP contribution in [-0.2, 0) is 9.59 Å². The molecule has 0 spiro atoms. The topological polar surface area (TPSA) is 84.9 Å². The van der Waals surface area contributed by atoms with E-state index in [9.17, 15) is 14.4 Å². The maximum Gasteiger partial charge on any atom is 0.293 e. The quantitative estimate of drug-likeness (QED) is 0.291. The van der Waals surface area contributed by atoms with Crippen molar-refractivity contribution >= 4 is 40.6 Å². The van der Waals surface area contributed by atoms with Crippen LogP contribution in [0.25, 0.3) is 6.08 Å². The Morgan fingerprint density at radius 2 is 1.74 bits per heavy atom. The molecule has 7 nitrogen and oxygen atoms in total. The second kappa shape index (κ2) is 12.7. The molecule has 0 atom stereocenters. The van der Waals surface area contributed by atoms with Crippen molar-refractivity contribution in [2.75, 3.05) is 25.1 Å². The number of imide groups is 1. The third-order valence-corrected chi connectivity index (χ3v) is 7.10. The lowest BCUT2D eigenvalue weighted by atomic mass is 10.0. The van der Waals surface area contributed by atoms with Crippen LogP contribution in [0.4, 0.5) is 10.5 Å². The van der Waals surface area contributed by atoms with Crippen molar-refractivity contribution in [3.63, 3.8) is 0 Å². The van der Waals surface area contributed by atoms with Crippen LogP contribution >= 0.6 is 11.8 Å². The van der Waals surface area contributed by atoms with Crippen LogP contribution in [0.1, 0.15) is 42.0 Å². The lowest BCUT2D eigenvalue weighted by molar-refractivity contribution is -0.123. The second-order valence-corrected chi connectivity index (χ2v) is 10.6.